The van der Waals surface area contributed by atoms with Crippen molar-refractivity contribution in [2.75, 3.05) is 39.6 Å². The maximum Gasteiger partial charge on any atom is 0.366 e. The first-order valence-corrected chi connectivity index (χ1v) is 23.1. The zero-order valence-corrected chi connectivity index (χ0v) is 38.2. The van der Waals surface area contributed by atoms with Gasteiger partial charge in [-0.2, -0.15) is 9.78 Å². The molecule has 34 heteroatoms. The van der Waals surface area contributed by atoms with E-state index in [1.807, 2.05) is 0 Å². The number of rotatable bonds is 6. The number of aliphatic hydroxyl groups excluding tert-OH is 16. The summed E-state index contributed by atoms with van der Waals surface area (Å²) in [5.74, 6) is -2.92. The molecule has 0 spiro atoms. The molecule has 14 bridgehead atoms. The Hall–Kier alpha value is -2.52. The highest BCUT2D eigenvalue weighted by Crippen LogP contribution is 2.39. The minimum Gasteiger partial charge on any atom is -0.394 e. The van der Waals surface area contributed by atoms with Crippen LogP contribution < -0.4 is 0 Å². The van der Waals surface area contributed by atoms with E-state index >= 15 is 0 Å². The van der Waals surface area contributed by atoms with Crippen molar-refractivity contribution >= 4 is 11.9 Å². The Bertz CT molecular complexity index is 1860. The second-order valence-electron chi connectivity index (χ2n) is 18.1. The quantitative estimate of drug-likeness (QED) is 0.110. The fraction of sp³-hybridized carbons (Fsp3) is 0.900. The maximum absolute atomic E-state index is 12.7. The smallest absolute Gasteiger partial charge is 0.366 e. The van der Waals surface area contributed by atoms with Crippen molar-refractivity contribution < 1.29 is 168 Å². The van der Waals surface area contributed by atoms with Crippen molar-refractivity contribution in [3.8, 4) is 0 Å². The molecule has 74 heavy (non-hydrogen) atoms. The first kappa shape index (κ1) is 57.6. The van der Waals surface area contributed by atoms with Gasteiger partial charge in [0.25, 0.3) is 0 Å². The fourth-order valence-electron chi connectivity index (χ4n) is 9.51. The first-order valence-electron chi connectivity index (χ1n) is 23.1. The van der Waals surface area contributed by atoms with E-state index in [0.717, 1.165) is 0 Å². The van der Waals surface area contributed by atoms with Gasteiger partial charge in [0.2, 0.25) is 0 Å². The standard InChI is InChI=1S/C40H60O34/c41-3-9-27-18(50)22(54)36(60-9)67-29-11(5-43)62-38(24(56)20(29)52)69-31-13(7-45)64-40-26(58)34(31)74-72-16(48)2-1-15(47)71-73-33-25(57)39(63-14(8-46)32(33)70-40)68-30-12(6-44)61-37(23(55)19(30)51)66-28-10(4-42)59-35(65-27)21(53)17(28)49/h1-2,9-14,17-46,49-58H,3-8H2/b2-1-/t9-,10-,11-,12-,13-,14-,17-,18-,19-,20-,21-,22-,23-,24-,25-,26-,27-,28-,29-,30-,31+,32+,33-,34-,35-,36-,37-,38-,39-,40-/m1/s1. The maximum atomic E-state index is 12.7. The lowest BCUT2D eigenvalue weighted by Gasteiger charge is -2.50. The number of hydrogen-bond donors (Lipinski definition) is 16. The van der Waals surface area contributed by atoms with Gasteiger partial charge in [-0.3, -0.25) is 9.78 Å². The largest absolute Gasteiger partial charge is 0.394 e. The van der Waals surface area contributed by atoms with Crippen LogP contribution >= 0.6 is 0 Å². The lowest BCUT2D eigenvalue weighted by atomic mass is 9.94. The van der Waals surface area contributed by atoms with Crippen molar-refractivity contribution in [1.82, 2.24) is 0 Å². The summed E-state index contributed by atoms with van der Waals surface area (Å²) in [5, 5.41) is 177. The van der Waals surface area contributed by atoms with E-state index in [4.69, 9.17) is 76.4 Å². The molecule has 20 rings (SSSR count). The number of carbonyl (C=O) groups excluding carboxylic acids is 2. The van der Waals surface area contributed by atoms with Gasteiger partial charge in [0.1, 0.15) is 134 Å². The fourth-order valence-corrected chi connectivity index (χ4v) is 9.51. The monoisotopic (exact) mass is 1080 g/mol. The Kier molecular flexibility index (Phi) is 19.2. The third-order valence-electron chi connectivity index (χ3n) is 13.5. The van der Waals surface area contributed by atoms with E-state index in [2.05, 4.69) is 0 Å². The highest BCUT2D eigenvalue weighted by Gasteiger charge is 2.60. The van der Waals surface area contributed by atoms with Crippen molar-refractivity contribution in [2.24, 2.45) is 0 Å². The number of carbonyl (C=O) groups is 2. The molecule has 20 aliphatic rings. The summed E-state index contributed by atoms with van der Waals surface area (Å²) >= 11 is 0. The Morgan fingerprint density at radius 1 is 0.270 bits per heavy atom. The van der Waals surface area contributed by atoms with Gasteiger partial charge in [-0.25, -0.2) is 9.59 Å². The summed E-state index contributed by atoms with van der Waals surface area (Å²) in [4.78, 5) is 45.5. The van der Waals surface area contributed by atoms with E-state index < -0.39 is 236 Å². The van der Waals surface area contributed by atoms with Crippen LogP contribution in [0.5, 0.6) is 0 Å². The number of hydrogen-bond acceptors (Lipinski definition) is 34. The van der Waals surface area contributed by atoms with Crippen LogP contribution in [-0.4, -0.2) is 318 Å². The Morgan fingerprint density at radius 2 is 0.473 bits per heavy atom. The van der Waals surface area contributed by atoms with E-state index in [1.54, 1.807) is 0 Å². The molecule has 0 aromatic heterocycles. The lowest BCUT2D eigenvalue weighted by molar-refractivity contribution is -0.432. The average Bonchev–Trinajstić information content (AvgIpc) is 3.39. The van der Waals surface area contributed by atoms with Crippen LogP contribution in [0.2, 0.25) is 0 Å². The molecule has 0 aromatic rings. The molecule has 0 radical (unpaired) electrons. The molecule has 20 aliphatic heterocycles. The molecule has 16 N–H and O–H groups in total. The molecule has 30 atom stereocenters. The second-order valence-corrected chi connectivity index (χ2v) is 18.1. The first-order chi connectivity index (χ1) is 35.4. The Morgan fingerprint density at radius 3 is 0.703 bits per heavy atom. The zero-order chi connectivity index (χ0) is 53.4. The van der Waals surface area contributed by atoms with Crippen LogP contribution in [0.15, 0.2) is 12.2 Å². The molecule has 0 unspecified atom stereocenters. The number of aliphatic hydroxyl groups is 16. The molecule has 19 fully saturated rings. The minimum absolute atomic E-state index is 0.438. The van der Waals surface area contributed by atoms with Crippen LogP contribution in [0.1, 0.15) is 0 Å². The molecule has 34 nitrogen and oxygen atoms in total. The summed E-state index contributed by atoms with van der Waals surface area (Å²) < 4.78 is 69.1. The SMILES string of the molecule is O=C1/C=C\C(=O)OO[C@@H]2[C@@H](O)[C@H]3O[C@H]4[C@H](O)[C@@H](O)[C@@H](O[C@H]5[C@H](O)[C@@H](O)[C@@H](O[C@H]6[C@H](O)[C@@H](O)[C@@H](O[C@H]7[C@H](O)[C@@H](O)[C@@H](O[C@@H]8[C@H](OO1)[C@@H](O)[C@@H](O[C@H]2[C@@H](CO)O3)O[C@@H]8CO)O[C@@H]7CO)O[C@@H]6CO)O[C@@H]5CO)O[C@@H]4CO. The third-order valence-corrected chi connectivity index (χ3v) is 13.5. The average molecular weight is 1080 g/mol. The van der Waals surface area contributed by atoms with Gasteiger partial charge in [0.05, 0.1) is 39.6 Å². The van der Waals surface area contributed by atoms with Crippen molar-refractivity contribution in [3.05, 3.63) is 12.2 Å². The van der Waals surface area contributed by atoms with Crippen molar-refractivity contribution in [2.45, 2.75) is 184 Å². The Labute approximate surface area is 415 Å². The van der Waals surface area contributed by atoms with Gasteiger partial charge in [0.15, 0.2) is 49.9 Å². The highest BCUT2D eigenvalue weighted by atomic mass is 17.2. The van der Waals surface area contributed by atoms with Crippen LogP contribution in [-0.2, 0) is 86.0 Å². The Balaban J connectivity index is 1.16. The van der Waals surface area contributed by atoms with E-state index in [1.165, 1.54) is 0 Å². The molecule has 0 aliphatic carbocycles. The van der Waals surface area contributed by atoms with Crippen molar-refractivity contribution in [3.63, 3.8) is 0 Å². The molecular weight excluding hydrogens is 1020 g/mol. The molecule has 20 heterocycles. The topological polar surface area (TPSA) is 506 Å². The third kappa shape index (κ3) is 11.5. The van der Waals surface area contributed by atoms with Gasteiger partial charge in [-0.1, -0.05) is 0 Å². The summed E-state index contributed by atoms with van der Waals surface area (Å²) in [6.45, 7) is -6.38. The predicted molar refractivity (Wildman–Crippen MR) is 215 cm³/mol. The van der Waals surface area contributed by atoms with Crippen molar-refractivity contribution in [1.29, 1.82) is 0 Å². The van der Waals surface area contributed by atoms with Gasteiger partial charge in [-0.15, -0.1) is 0 Å². The molecule has 0 saturated carbocycles. The highest BCUT2D eigenvalue weighted by molar-refractivity contribution is 5.91. The molecular formula is C40H60O34. The van der Waals surface area contributed by atoms with Gasteiger partial charge < -0.3 is 139 Å². The normalized spacial score (nSPS) is 52.3. The summed E-state index contributed by atoms with van der Waals surface area (Å²) in [5.41, 5.74) is 0. The summed E-state index contributed by atoms with van der Waals surface area (Å²) in [7, 11) is 0. The van der Waals surface area contributed by atoms with Gasteiger partial charge in [0, 0.05) is 12.2 Å². The molecule has 0 aromatic carbocycles. The molecule has 19 saturated heterocycles. The second kappa shape index (κ2) is 24.7. The molecule has 424 valence electrons. The van der Waals surface area contributed by atoms with Crippen LogP contribution in [0.4, 0.5) is 0 Å². The lowest BCUT2D eigenvalue weighted by Crippen LogP contribution is -2.69. The van der Waals surface area contributed by atoms with Gasteiger partial charge >= 0.3 is 11.9 Å². The van der Waals surface area contributed by atoms with E-state index in [-0.39, 0.29) is 0 Å². The molecule has 0 amide bonds. The summed E-state index contributed by atoms with van der Waals surface area (Å²) in [6, 6.07) is 0. The minimum atomic E-state index is -2.27. The van der Waals surface area contributed by atoms with Crippen LogP contribution in [0.25, 0.3) is 0 Å². The van der Waals surface area contributed by atoms with Gasteiger partial charge in [-0.05, 0) is 0 Å². The predicted octanol–water partition coefficient (Wildman–Crippen LogP) is -12.5. The van der Waals surface area contributed by atoms with E-state index in [9.17, 15) is 91.3 Å². The zero-order valence-electron chi connectivity index (χ0n) is 38.2. The summed E-state index contributed by atoms with van der Waals surface area (Å²) in [6.07, 6.45) is -59.9. The van der Waals surface area contributed by atoms with E-state index in [0.29, 0.717) is 12.2 Å². The van der Waals surface area contributed by atoms with Crippen LogP contribution in [0, 0.1) is 0 Å². The number of ether oxygens (including phenoxy) is 12. The van der Waals surface area contributed by atoms with Crippen LogP contribution in [0.3, 0.4) is 0 Å².